The van der Waals surface area contributed by atoms with Crippen LogP contribution in [0, 0.1) is 34.5 Å². The lowest BCUT2D eigenvalue weighted by atomic mass is 9.44. The van der Waals surface area contributed by atoms with Gasteiger partial charge in [0.05, 0.1) is 0 Å². The minimum atomic E-state index is 0.370. The Bertz CT molecular complexity index is 1020. The topological polar surface area (TPSA) is 12.0 Å². The van der Waals surface area contributed by atoms with E-state index >= 15 is 0 Å². The minimum absolute atomic E-state index is 0.370. The lowest BCUT2D eigenvalue weighted by Crippen LogP contribution is -2.54. The zero-order valence-corrected chi connectivity index (χ0v) is 19.7. The molecule has 1 nitrogen and oxygen atoms in total. The van der Waals surface area contributed by atoms with E-state index in [1.807, 2.05) is 0 Å². The molecule has 1 heteroatoms. The first-order valence-corrected chi connectivity index (χ1v) is 12.9. The van der Waals surface area contributed by atoms with Gasteiger partial charge in [-0.05, 0) is 121 Å². The van der Waals surface area contributed by atoms with Crippen LogP contribution in [0.4, 0.5) is 0 Å². The molecule has 0 spiro atoms. The van der Waals surface area contributed by atoms with Crippen LogP contribution in [0.2, 0.25) is 0 Å². The van der Waals surface area contributed by atoms with Gasteiger partial charge in [0.25, 0.3) is 0 Å². The summed E-state index contributed by atoms with van der Waals surface area (Å²) in [4.78, 5) is 0. The lowest BCUT2D eigenvalue weighted by molar-refractivity contribution is -0.0996. The van der Waals surface area contributed by atoms with Gasteiger partial charge in [-0.15, -0.1) is 0 Å². The van der Waals surface area contributed by atoms with Crippen LogP contribution < -0.4 is 5.32 Å². The molecular formula is C30H39N. The van der Waals surface area contributed by atoms with Crippen LogP contribution >= 0.6 is 0 Å². The van der Waals surface area contributed by atoms with Crippen LogP contribution in [0.25, 0.3) is 16.3 Å². The van der Waals surface area contributed by atoms with E-state index in [1.165, 1.54) is 67.7 Å². The zero-order chi connectivity index (χ0) is 21.2. The second kappa shape index (κ2) is 7.20. The molecule has 0 bridgehead atoms. The second-order valence-electron chi connectivity index (χ2n) is 11.8. The van der Waals surface area contributed by atoms with Crippen molar-refractivity contribution in [1.82, 2.24) is 5.32 Å². The van der Waals surface area contributed by atoms with Crippen molar-refractivity contribution in [3.8, 4) is 0 Å². The molecule has 2 aromatic rings. The maximum absolute atomic E-state index is 3.60. The number of nitrogens with one attached hydrogen (secondary N) is 1. The summed E-state index contributed by atoms with van der Waals surface area (Å²) in [5, 5.41) is 6.34. The van der Waals surface area contributed by atoms with Crippen molar-refractivity contribution in [3.05, 3.63) is 54.1 Å². The summed E-state index contributed by atoms with van der Waals surface area (Å²) in [6, 6.07) is 16.8. The first kappa shape index (κ1) is 20.0. The molecule has 6 rings (SSSR count). The Morgan fingerprint density at radius 2 is 1.71 bits per heavy atom. The Balaban J connectivity index is 1.29. The Kier molecular flexibility index (Phi) is 4.66. The molecule has 2 aromatic carbocycles. The normalized spacial score (nSPS) is 41.9. The van der Waals surface area contributed by atoms with Gasteiger partial charge in [0, 0.05) is 6.04 Å². The molecule has 4 aliphatic carbocycles. The molecule has 0 radical (unpaired) electrons. The number of hydrogen-bond acceptors (Lipinski definition) is 1. The molecule has 1 N–H and O–H groups in total. The second-order valence-corrected chi connectivity index (χ2v) is 11.8. The molecule has 31 heavy (non-hydrogen) atoms. The summed E-state index contributed by atoms with van der Waals surface area (Å²) in [5.41, 5.74) is 4.10. The van der Waals surface area contributed by atoms with Gasteiger partial charge in [-0.3, -0.25) is 0 Å². The Morgan fingerprint density at radius 1 is 0.871 bits per heavy atom. The smallest absolute Gasteiger partial charge is 0.00671 e. The highest BCUT2D eigenvalue weighted by Crippen LogP contribution is 2.67. The molecule has 0 heterocycles. The van der Waals surface area contributed by atoms with E-state index in [4.69, 9.17) is 0 Å². The number of benzene rings is 2. The molecule has 0 amide bonds. The molecule has 0 saturated heterocycles. The van der Waals surface area contributed by atoms with Crippen molar-refractivity contribution < 1.29 is 0 Å². The fourth-order valence-electron chi connectivity index (χ4n) is 8.89. The summed E-state index contributed by atoms with van der Waals surface area (Å²) >= 11 is 0. The van der Waals surface area contributed by atoms with Crippen LogP contribution in [0.5, 0.6) is 0 Å². The molecule has 3 fully saturated rings. The molecule has 4 aliphatic rings. The molecule has 7 atom stereocenters. The molecule has 0 aromatic heterocycles. The van der Waals surface area contributed by atoms with Crippen molar-refractivity contribution in [2.24, 2.45) is 34.5 Å². The first-order chi connectivity index (χ1) is 15.0. The number of hydrogen-bond donors (Lipinski definition) is 1. The summed E-state index contributed by atoms with van der Waals surface area (Å²) in [6.07, 6.45) is 14.0. The fourth-order valence-corrected chi connectivity index (χ4v) is 8.89. The van der Waals surface area contributed by atoms with Crippen molar-refractivity contribution >= 4 is 16.3 Å². The average Bonchev–Trinajstić information content (AvgIpc) is 3.15. The summed E-state index contributed by atoms with van der Waals surface area (Å²) in [5.74, 6) is 3.68. The Hall–Kier alpha value is -1.60. The molecule has 0 aliphatic heterocycles. The van der Waals surface area contributed by atoms with Gasteiger partial charge in [0.15, 0.2) is 0 Å². The third kappa shape index (κ3) is 2.92. The average molecular weight is 414 g/mol. The highest BCUT2D eigenvalue weighted by Gasteiger charge is 2.58. The van der Waals surface area contributed by atoms with Crippen molar-refractivity contribution in [3.63, 3.8) is 0 Å². The molecule has 0 unspecified atom stereocenters. The van der Waals surface area contributed by atoms with E-state index in [9.17, 15) is 0 Å². The highest BCUT2D eigenvalue weighted by atomic mass is 14.9. The molecular weight excluding hydrogens is 374 g/mol. The first-order valence-electron chi connectivity index (χ1n) is 12.9. The quantitative estimate of drug-likeness (QED) is 0.538. The van der Waals surface area contributed by atoms with E-state index in [0.717, 1.165) is 29.7 Å². The highest BCUT2D eigenvalue weighted by molar-refractivity contribution is 5.87. The van der Waals surface area contributed by atoms with Gasteiger partial charge in [-0.25, -0.2) is 0 Å². The third-order valence-corrected chi connectivity index (χ3v) is 10.7. The summed E-state index contributed by atoms with van der Waals surface area (Å²) < 4.78 is 0. The van der Waals surface area contributed by atoms with Gasteiger partial charge in [0.1, 0.15) is 0 Å². The Labute approximate surface area is 188 Å². The standard InChI is InChI=1S/C30H39N/c1-29-16-14-24(31-3)19-23(29)10-11-25-27-13-12-26(30(27,2)17-15-28(25)29)22-9-8-20-6-4-5-7-21(20)18-22/h4-9,12,18,23-25,27-28,31H,10-11,13-17,19H2,1-3H3/t23-,24+,25-,27-,28-,29-,30+/m0/s1. The van der Waals surface area contributed by atoms with E-state index in [1.54, 1.807) is 5.57 Å². The van der Waals surface area contributed by atoms with Gasteiger partial charge >= 0.3 is 0 Å². The van der Waals surface area contributed by atoms with Crippen molar-refractivity contribution in [2.75, 3.05) is 7.05 Å². The lowest BCUT2D eigenvalue weighted by Gasteiger charge is -2.61. The number of fused-ring (bicyclic) bond motifs is 6. The van der Waals surface area contributed by atoms with Crippen molar-refractivity contribution in [1.29, 1.82) is 0 Å². The maximum atomic E-state index is 3.60. The van der Waals surface area contributed by atoms with Gasteiger partial charge in [-0.1, -0.05) is 56.3 Å². The fraction of sp³-hybridized carbons (Fsp3) is 0.600. The largest absolute Gasteiger partial charge is 0.317 e. The van der Waals surface area contributed by atoms with Crippen LogP contribution in [-0.2, 0) is 0 Å². The Morgan fingerprint density at radius 3 is 2.55 bits per heavy atom. The van der Waals surface area contributed by atoms with Crippen LogP contribution in [0.1, 0.15) is 70.8 Å². The third-order valence-electron chi connectivity index (χ3n) is 10.7. The zero-order valence-electron chi connectivity index (χ0n) is 19.7. The molecule has 3 saturated carbocycles. The van der Waals surface area contributed by atoms with Gasteiger partial charge < -0.3 is 5.32 Å². The predicted molar refractivity (Wildman–Crippen MR) is 132 cm³/mol. The van der Waals surface area contributed by atoms with E-state index in [0.29, 0.717) is 10.8 Å². The predicted octanol–water partition coefficient (Wildman–Crippen LogP) is 7.46. The van der Waals surface area contributed by atoms with Crippen molar-refractivity contribution in [2.45, 2.75) is 71.3 Å². The summed E-state index contributed by atoms with van der Waals surface area (Å²) in [7, 11) is 2.17. The van der Waals surface area contributed by atoms with Gasteiger partial charge in [-0.2, -0.15) is 0 Å². The SMILES string of the molecule is CN[C@@H]1CC[C@@]2(C)[C@@H](CC[C@@H]3[C@@H]2CC[C@]2(C)C(c4ccc5ccccc5c4)=CC[C@@H]32)C1. The van der Waals surface area contributed by atoms with E-state index in [-0.39, 0.29) is 0 Å². The van der Waals surface area contributed by atoms with Crippen LogP contribution in [0.15, 0.2) is 48.5 Å². The van der Waals surface area contributed by atoms with E-state index < -0.39 is 0 Å². The van der Waals surface area contributed by atoms with E-state index in [2.05, 4.69) is 74.8 Å². The number of rotatable bonds is 2. The summed E-state index contributed by atoms with van der Waals surface area (Å²) in [6.45, 7) is 5.31. The maximum Gasteiger partial charge on any atom is 0.00671 e. The van der Waals surface area contributed by atoms with Gasteiger partial charge in [0.2, 0.25) is 0 Å². The van der Waals surface area contributed by atoms with Crippen LogP contribution in [0.3, 0.4) is 0 Å². The number of allylic oxidation sites excluding steroid dienone is 2. The molecule has 164 valence electrons. The minimum Gasteiger partial charge on any atom is -0.317 e. The monoisotopic (exact) mass is 413 g/mol. The van der Waals surface area contributed by atoms with Crippen LogP contribution in [-0.4, -0.2) is 13.1 Å².